The Labute approximate surface area is 124 Å². The third-order valence-electron chi connectivity index (χ3n) is 3.21. The van der Waals surface area contributed by atoms with Crippen LogP contribution in [-0.2, 0) is 16.0 Å². The van der Waals surface area contributed by atoms with E-state index in [9.17, 15) is 9.59 Å². The Morgan fingerprint density at radius 2 is 2.21 bits per heavy atom. The van der Waals surface area contributed by atoms with Gasteiger partial charge in [-0.05, 0) is 36.6 Å². The number of halogens is 2. The number of benzene rings is 1. The van der Waals surface area contributed by atoms with Gasteiger partial charge in [0.15, 0.2) is 0 Å². The summed E-state index contributed by atoms with van der Waals surface area (Å²) in [6.45, 7) is 0.508. The lowest BCUT2D eigenvalue weighted by atomic mass is 10.1. The first-order valence-electron chi connectivity index (χ1n) is 5.95. The predicted molar refractivity (Wildman–Crippen MR) is 75.2 cm³/mol. The van der Waals surface area contributed by atoms with Crippen LogP contribution in [0.2, 0.25) is 5.02 Å². The molecule has 1 heterocycles. The van der Waals surface area contributed by atoms with Crippen LogP contribution >= 0.6 is 27.5 Å². The van der Waals surface area contributed by atoms with Gasteiger partial charge in [0.05, 0.1) is 6.42 Å². The molecule has 0 bridgehead atoms. The lowest BCUT2D eigenvalue weighted by molar-refractivity contribution is -0.148. The van der Waals surface area contributed by atoms with Crippen molar-refractivity contribution in [1.29, 1.82) is 0 Å². The number of likely N-dealkylation sites (tertiary alicyclic amines) is 1. The molecule has 1 amide bonds. The van der Waals surface area contributed by atoms with Crippen molar-refractivity contribution in [2.45, 2.75) is 25.3 Å². The first kappa shape index (κ1) is 14.3. The van der Waals surface area contributed by atoms with Crippen molar-refractivity contribution < 1.29 is 14.7 Å². The molecule has 0 aromatic heterocycles. The second-order valence-corrected chi connectivity index (χ2v) is 5.79. The number of hydrogen-bond acceptors (Lipinski definition) is 2. The number of carbonyl (C=O) groups is 2. The molecule has 6 heteroatoms. The number of carboxylic acids is 1. The quantitative estimate of drug-likeness (QED) is 0.915. The number of nitrogens with zero attached hydrogens (tertiary/aromatic N) is 1. The maximum absolute atomic E-state index is 12.2. The minimum Gasteiger partial charge on any atom is -0.480 e. The zero-order chi connectivity index (χ0) is 14.0. The summed E-state index contributed by atoms with van der Waals surface area (Å²) in [4.78, 5) is 24.7. The summed E-state index contributed by atoms with van der Waals surface area (Å²) in [6, 6.07) is 4.54. The second-order valence-electron chi connectivity index (χ2n) is 4.50. The van der Waals surface area contributed by atoms with Gasteiger partial charge in [-0.2, -0.15) is 0 Å². The zero-order valence-electron chi connectivity index (χ0n) is 10.1. The van der Waals surface area contributed by atoms with E-state index in [2.05, 4.69) is 15.9 Å². The predicted octanol–water partition coefficient (Wildman–Crippen LogP) is 2.72. The van der Waals surface area contributed by atoms with Crippen molar-refractivity contribution in [2.75, 3.05) is 6.54 Å². The highest BCUT2D eigenvalue weighted by molar-refractivity contribution is 9.10. The third-order valence-corrected chi connectivity index (χ3v) is 4.22. The fraction of sp³-hybridized carbons (Fsp3) is 0.385. The van der Waals surface area contributed by atoms with Crippen molar-refractivity contribution in [3.8, 4) is 0 Å². The number of rotatable bonds is 3. The molecule has 4 nitrogen and oxygen atoms in total. The standard InChI is InChI=1S/C13H13BrClNO3/c14-10-4-3-9(15)6-8(10)7-12(17)16-5-1-2-11(16)13(18)19/h3-4,6,11H,1-2,5,7H2,(H,18,19)/t11-/m1/s1. The van der Waals surface area contributed by atoms with Crippen LogP contribution < -0.4 is 0 Å². The molecule has 1 aromatic rings. The van der Waals surface area contributed by atoms with Gasteiger partial charge in [0.2, 0.25) is 5.91 Å². The average Bonchev–Trinajstić information content (AvgIpc) is 2.83. The molecule has 102 valence electrons. The van der Waals surface area contributed by atoms with E-state index in [0.717, 1.165) is 16.5 Å². The molecule has 1 aliphatic heterocycles. The van der Waals surface area contributed by atoms with Crippen molar-refractivity contribution in [3.05, 3.63) is 33.3 Å². The molecule has 0 unspecified atom stereocenters. The van der Waals surface area contributed by atoms with Crippen LogP contribution in [0.3, 0.4) is 0 Å². The largest absolute Gasteiger partial charge is 0.480 e. The van der Waals surface area contributed by atoms with Crippen molar-refractivity contribution in [2.24, 2.45) is 0 Å². The molecular formula is C13H13BrClNO3. The highest BCUT2D eigenvalue weighted by Gasteiger charge is 2.33. The first-order valence-corrected chi connectivity index (χ1v) is 7.12. The minimum atomic E-state index is -0.934. The molecule has 0 saturated carbocycles. The maximum Gasteiger partial charge on any atom is 0.326 e. The number of aliphatic carboxylic acids is 1. The normalized spacial score (nSPS) is 18.6. The molecule has 1 aliphatic rings. The SMILES string of the molecule is O=C(O)[C@H]1CCCN1C(=O)Cc1cc(Cl)ccc1Br. The first-order chi connectivity index (χ1) is 8.99. The van der Waals surface area contributed by atoms with Crippen LogP contribution in [0.25, 0.3) is 0 Å². The summed E-state index contributed by atoms with van der Waals surface area (Å²) < 4.78 is 0.802. The number of carboxylic acid groups (broad SMARTS) is 1. The molecule has 19 heavy (non-hydrogen) atoms. The van der Waals surface area contributed by atoms with E-state index in [4.69, 9.17) is 16.7 Å². The van der Waals surface area contributed by atoms with Gasteiger partial charge in [-0.3, -0.25) is 4.79 Å². The topological polar surface area (TPSA) is 57.6 Å². The van der Waals surface area contributed by atoms with Gasteiger partial charge in [0.25, 0.3) is 0 Å². The van der Waals surface area contributed by atoms with Crippen LogP contribution in [0.1, 0.15) is 18.4 Å². The Hall–Kier alpha value is -1.07. The van der Waals surface area contributed by atoms with Gasteiger partial charge in [-0.15, -0.1) is 0 Å². The molecule has 1 fully saturated rings. The monoisotopic (exact) mass is 345 g/mol. The van der Waals surface area contributed by atoms with Crippen LogP contribution in [0.5, 0.6) is 0 Å². The molecule has 1 saturated heterocycles. The van der Waals surface area contributed by atoms with Crippen LogP contribution in [0, 0.1) is 0 Å². The third kappa shape index (κ3) is 3.28. The van der Waals surface area contributed by atoms with E-state index in [1.165, 1.54) is 4.90 Å². The Bertz CT molecular complexity index is 521. The van der Waals surface area contributed by atoms with E-state index < -0.39 is 12.0 Å². The molecular weight excluding hydrogens is 334 g/mol. The zero-order valence-corrected chi connectivity index (χ0v) is 12.4. The summed E-state index contributed by atoms with van der Waals surface area (Å²) >= 11 is 9.27. The molecule has 0 radical (unpaired) electrons. The lowest BCUT2D eigenvalue weighted by Gasteiger charge is -2.21. The highest BCUT2D eigenvalue weighted by Crippen LogP contribution is 2.24. The van der Waals surface area contributed by atoms with Crippen molar-refractivity contribution in [3.63, 3.8) is 0 Å². The average molecular weight is 347 g/mol. The molecule has 2 rings (SSSR count). The van der Waals surface area contributed by atoms with E-state index in [0.29, 0.717) is 18.0 Å². The van der Waals surface area contributed by atoms with Crippen molar-refractivity contribution >= 4 is 39.4 Å². The Morgan fingerprint density at radius 3 is 2.89 bits per heavy atom. The summed E-state index contributed by atoms with van der Waals surface area (Å²) in [6.07, 6.45) is 1.42. The smallest absolute Gasteiger partial charge is 0.326 e. The van der Waals surface area contributed by atoms with Gasteiger partial charge in [0.1, 0.15) is 6.04 Å². The van der Waals surface area contributed by atoms with Crippen LogP contribution in [0.15, 0.2) is 22.7 Å². The fourth-order valence-corrected chi connectivity index (χ4v) is 2.85. The van der Waals surface area contributed by atoms with Gasteiger partial charge >= 0.3 is 5.97 Å². The summed E-state index contributed by atoms with van der Waals surface area (Å²) in [7, 11) is 0. The summed E-state index contributed by atoms with van der Waals surface area (Å²) in [5.74, 6) is -1.11. The van der Waals surface area contributed by atoms with Crippen molar-refractivity contribution in [1.82, 2.24) is 4.90 Å². The van der Waals surface area contributed by atoms with E-state index in [1.54, 1.807) is 18.2 Å². The Balaban J connectivity index is 2.12. The highest BCUT2D eigenvalue weighted by atomic mass is 79.9. The Morgan fingerprint density at radius 1 is 1.47 bits per heavy atom. The number of amides is 1. The Kier molecular flexibility index (Phi) is 4.47. The van der Waals surface area contributed by atoms with E-state index in [-0.39, 0.29) is 12.3 Å². The molecule has 0 aliphatic carbocycles. The molecule has 1 N–H and O–H groups in total. The molecule has 1 aromatic carbocycles. The second kappa shape index (κ2) is 5.92. The van der Waals surface area contributed by atoms with E-state index >= 15 is 0 Å². The minimum absolute atomic E-state index is 0.158. The van der Waals surface area contributed by atoms with Gasteiger partial charge in [-0.1, -0.05) is 27.5 Å². The van der Waals surface area contributed by atoms with Gasteiger partial charge in [-0.25, -0.2) is 4.79 Å². The fourth-order valence-electron chi connectivity index (χ4n) is 2.27. The molecule has 0 spiro atoms. The van der Waals surface area contributed by atoms with E-state index in [1.807, 2.05) is 0 Å². The van der Waals surface area contributed by atoms with Gasteiger partial charge in [0, 0.05) is 16.0 Å². The maximum atomic E-state index is 12.2. The van der Waals surface area contributed by atoms with Crippen LogP contribution in [0.4, 0.5) is 0 Å². The number of hydrogen-bond donors (Lipinski definition) is 1. The summed E-state index contributed by atoms with van der Waals surface area (Å²) in [5.41, 5.74) is 0.772. The lowest BCUT2D eigenvalue weighted by Crippen LogP contribution is -2.41. The van der Waals surface area contributed by atoms with Gasteiger partial charge < -0.3 is 10.0 Å². The molecule has 1 atom stereocenters. The summed E-state index contributed by atoms with van der Waals surface area (Å²) in [5, 5.41) is 9.63. The number of carbonyl (C=O) groups excluding carboxylic acids is 1. The van der Waals surface area contributed by atoms with Crippen LogP contribution in [-0.4, -0.2) is 34.5 Å².